The summed E-state index contributed by atoms with van der Waals surface area (Å²) in [5.41, 5.74) is 3.47. The Labute approximate surface area is 193 Å². The summed E-state index contributed by atoms with van der Waals surface area (Å²) in [5.74, 6) is 1.26. The molecule has 164 valence electrons. The molecule has 2 fully saturated rings. The van der Waals surface area contributed by atoms with Crippen LogP contribution in [-0.2, 0) is 0 Å². The first-order chi connectivity index (χ1) is 14.8. The average Bonchev–Trinajstić information content (AvgIpc) is 3.38. The van der Waals surface area contributed by atoms with Gasteiger partial charge in [0.05, 0.1) is 11.2 Å². The van der Waals surface area contributed by atoms with Crippen LogP contribution in [0.1, 0.15) is 24.8 Å². The second-order valence-electron chi connectivity index (χ2n) is 7.85. The number of nitrogens with zero attached hydrogens (tertiary/aromatic N) is 3. The highest BCUT2D eigenvalue weighted by Gasteiger charge is 2.36. The Balaban J connectivity index is 0.00000231. The van der Waals surface area contributed by atoms with Gasteiger partial charge in [-0.15, -0.1) is 24.2 Å². The molecule has 0 radical (unpaired) electrons. The van der Waals surface area contributed by atoms with Gasteiger partial charge in [-0.2, -0.15) is 5.10 Å². The topological polar surface area (TPSA) is 62.2 Å². The number of hydrogen-bond donors (Lipinski definition) is 2. The third-order valence-electron chi connectivity index (χ3n) is 6.12. The molecule has 6 nitrogen and oxygen atoms in total. The number of amides is 2. The highest BCUT2D eigenvalue weighted by atomic mass is 35.5. The number of nitrogens with one attached hydrogen (secondary N) is 2. The molecule has 2 aromatic carbocycles. The zero-order valence-electron chi connectivity index (χ0n) is 17.6. The van der Waals surface area contributed by atoms with Crippen LogP contribution in [0.2, 0.25) is 0 Å². The van der Waals surface area contributed by atoms with Crippen molar-refractivity contribution >= 4 is 41.1 Å². The number of thioether (sulfide) groups is 1. The van der Waals surface area contributed by atoms with Crippen LogP contribution in [0, 0.1) is 0 Å². The number of halogens is 1. The third kappa shape index (κ3) is 4.14. The largest absolute Gasteiger partial charge is 0.336 e. The number of rotatable bonds is 5. The molecule has 3 aromatic rings. The average molecular weight is 458 g/mol. The molecule has 2 aliphatic heterocycles. The van der Waals surface area contributed by atoms with Gasteiger partial charge >= 0.3 is 6.03 Å². The summed E-state index contributed by atoms with van der Waals surface area (Å²) in [4.78, 5) is 14.4. The molecule has 5 rings (SSSR count). The fraction of sp³-hybridized carbons (Fsp3) is 0.391. The van der Waals surface area contributed by atoms with Gasteiger partial charge in [0.15, 0.2) is 0 Å². The highest BCUT2D eigenvalue weighted by Crippen LogP contribution is 2.34. The van der Waals surface area contributed by atoms with Gasteiger partial charge in [0.2, 0.25) is 0 Å². The smallest absolute Gasteiger partial charge is 0.317 e. The van der Waals surface area contributed by atoms with Crippen molar-refractivity contribution in [2.24, 2.45) is 0 Å². The van der Waals surface area contributed by atoms with Gasteiger partial charge in [0.25, 0.3) is 0 Å². The van der Waals surface area contributed by atoms with Gasteiger partial charge in [0.1, 0.15) is 5.03 Å². The molecule has 2 atom stereocenters. The summed E-state index contributed by atoms with van der Waals surface area (Å²) in [6, 6.07) is 17.3. The lowest BCUT2D eigenvalue weighted by molar-refractivity contribution is 0.171. The highest BCUT2D eigenvalue weighted by molar-refractivity contribution is 7.99. The van der Waals surface area contributed by atoms with E-state index in [0.29, 0.717) is 0 Å². The van der Waals surface area contributed by atoms with E-state index >= 15 is 0 Å². The summed E-state index contributed by atoms with van der Waals surface area (Å²) in [7, 11) is 0. The Morgan fingerprint density at radius 3 is 2.74 bits per heavy atom. The van der Waals surface area contributed by atoms with E-state index in [2.05, 4.69) is 52.6 Å². The van der Waals surface area contributed by atoms with Gasteiger partial charge in [-0.3, -0.25) is 0 Å². The van der Waals surface area contributed by atoms with Crippen LogP contribution in [0.25, 0.3) is 16.6 Å². The van der Waals surface area contributed by atoms with Gasteiger partial charge in [0, 0.05) is 37.0 Å². The van der Waals surface area contributed by atoms with Crippen LogP contribution in [0.4, 0.5) is 4.79 Å². The van der Waals surface area contributed by atoms with Gasteiger partial charge in [-0.25, -0.2) is 9.48 Å². The van der Waals surface area contributed by atoms with Crippen LogP contribution in [0.15, 0.2) is 53.6 Å². The Hall–Kier alpha value is -2.22. The maximum absolute atomic E-state index is 12.4. The van der Waals surface area contributed by atoms with Crippen molar-refractivity contribution in [3.05, 3.63) is 54.1 Å². The molecule has 1 aromatic heterocycles. The standard InChI is InChI=1S/C23H27N5OS.ClH/c1-2-30-22-18-9-8-16(14-21(18)28(26-22)17-6-4-3-5-7-17)19-15-24-11-10-20(19)27-13-12-25-23(27)29;/h3-9,14,19-20,24H,2,10-13,15H2,1H3,(H,25,29);1H. The number of fused-ring (bicyclic) bond motifs is 1. The molecule has 0 spiro atoms. The number of para-hydroxylation sites is 1. The molecule has 8 heteroatoms. The molecule has 2 aliphatic rings. The second-order valence-corrected chi connectivity index (χ2v) is 9.11. The van der Waals surface area contributed by atoms with Crippen molar-refractivity contribution in [2.75, 3.05) is 31.9 Å². The number of piperidine rings is 1. The number of carbonyl (C=O) groups excluding carboxylic acids is 1. The van der Waals surface area contributed by atoms with E-state index in [0.717, 1.165) is 54.6 Å². The van der Waals surface area contributed by atoms with E-state index < -0.39 is 0 Å². The Morgan fingerprint density at radius 2 is 2.00 bits per heavy atom. The van der Waals surface area contributed by atoms with E-state index in [-0.39, 0.29) is 30.4 Å². The molecule has 2 unspecified atom stereocenters. The van der Waals surface area contributed by atoms with Crippen LogP contribution in [0.3, 0.4) is 0 Å². The molecule has 2 amide bonds. The van der Waals surface area contributed by atoms with Gasteiger partial charge < -0.3 is 15.5 Å². The minimum Gasteiger partial charge on any atom is -0.336 e. The lowest BCUT2D eigenvalue weighted by Crippen LogP contribution is -2.49. The summed E-state index contributed by atoms with van der Waals surface area (Å²) in [6.45, 7) is 5.53. The first-order valence-corrected chi connectivity index (χ1v) is 11.7. The summed E-state index contributed by atoms with van der Waals surface area (Å²) in [5, 5.41) is 13.7. The lowest BCUT2D eigenvalue weighted by Gasteiger charge is -2.38. The Morgan fingerprint density at radius 1 is 1.16 bits per heavy atom. The number of urea groups is 1. The third-order valence-corrected chi connectivity index (χ3v) is 6.98. The van der Waals surface area contributed by atoms with E-state index in [9.17, 15) is 4.79 Å². The number of carbonyl (C=O) groups is 1. The van der Waals surface area contributed by atoms with Crippen molar-refractivity contribution < 1.29 is 4.79 Å². The van der Waals surface area contributed by atoms with Crippen molar-refractivity contribution in [1.82, 2.24) is 25.3 Å². The lowest BCUT2D eigenvalue weighted by atomic mass is 9.85. The minimum absolute atomic E-state index is 0. The zero-order valence-corrected chi connectivity index (χ0v) is 19.2. The number of hydrogen-bond acceptors (Lipinski definition) is 4. The van der Waals surface area contributed by atoms with Crippen molar-refractivity contribution in [3.8, 4) is 5.69 Å². The molecule has 3 heterocycles. The molecule has 31 heavy (non-hydrogen) atoms. The zero-order chi connectivity index (χ0) is 20.5. The minimum atomic E-state index is 0. The number of aromatic nitrogens is 2. The molecule has 0 aliphatic carbocycles. The summed E-state index contributed by atoms with van der Waals surface area (Å²) < 4.78 is 2.06. The molecular weight excluding hydrogens is 430 g/mol. The summed E-state index contributed by atoms with van der Waals surface area (Å²) >= 11 is 1.78. The predicted molar refractivity (Wildman–Crippen MR) is 129 cm³/mol. The van der Waals surface area contributed by atoms with Crippen molar-refractivity contribution in [3.63, 3.8) is 0 Å². The molecular formula is C23H28ClN5OS. The maximum Gasteiger partial charge on any atom is 0.317 e. The van der Waals surface area contributed by atoms with Gasteiger partial charge in [-0.05, 0) is 48.5 Å². The first-order valence-electron chi connectivity index (χ1n) is 10.7. The fourth-order valence-corrected chi connectivity index (χ4v) is 5.44. The monoisotopic (exact) mass is 457 g/mol. The molecule has 2 saturated heterocycles. The summed E-state index contributed by atoms with van der Waals surface area (Å²) in [6.07, 6.45) is 0.977. The maximum atomic E-state index is 12.4. The van der Waals surface area contributed by atoms with Crippen molar-refractivity contribution in [2.45, 2.75) is 30.3 Å². The quantitative estimate of drug-likeness (QED) is 0.568. The molecule has 0 bridgehead atoms. The van der Waals surface area contributed by atoms with Crippen LogP contribution in [0.5, 0.6) is 0 Å². The SMILES string of the molecule is CCSc1nn(-c2ccccc2)c2cc(C3CNCCC3N3CCNC3=O)ccc12.Cl. The van der Waals surface area contributed by atoms with Gasteiger partial charge in [-0.1, -0.05) is 31.2 Å². The van der Waals surface area contributed by atoms with Crippen LogP contribution in [-0.4, -0.2) is 58.7 Å². The molecule has 0 saturated carbocycles. The number of benzene rings is 2. The van der Waals surface area contributed by atoms with E-state index in [1.54, 1.807) is 11.8 Å². The van der Waals surface area contributed by atoms with E-state index in [4.69, 9.17) is 5.10 Å². The first kappa shape index (κ1) is 22.0. The van der Waals surface area contributed by atoms with Crippen LogP contribution >= 0.6 is 24.2 Å². The Kier molecular flexibility index (Phi) is 6.74. The van der Waals surface area contributed by atoms with E-state index in [1.807, 2.05) is 23.1 Å². The van der Waals surface area contributed by atoms with Crippen LogP contribution < -0.4 is 10.6 Å². The second kappa shape index (κ2) is 9.51. The normalized spacial score (nSPS) is 21.2. The van der Waals surface area contributed by atoms with Crippen molar-refractivity contribution in [1.29, 1.82) is 0 Å². The van der Waals surface area contributed by atoms with E-state index in [1.165, 1.54) is 10.9 Å². The molecule has 2 N–H and O–H groups in total. The fourth-order valence-electron chi connectivity index (χ4n) is 4.70. The predicted octanol–water partition coefficient (Wildman–Crippen LogP) is 4.03. The Bertz CT molecular complexity index is 1060.